The van der Waals surface area contributed by atoms with Crippen molar-refractivity contribution in [1.82, 2.24) is 10.0 Å². The molecule has 2 unspecified atom stereocenters. The maximum absolute atomic E-state index is 12.3. The molecule has 0 radical (unpaired) electrons. The van der Waals surface area contributed by atoms with Crippen LogP contribution < -0.4 is 19.5 Å². The van der Waals surface area contributed by atoms with Crippen LogP contribution in [-0.4, -0.2) is 46.8 Å². The molecule has 1 aliphatic rings. The molecule has 30 heavy (non-hydrogen) atoms. The Labute approximate surface area is 180 Å². The normalized spacial score (nSPS) is 17.5. The van der Waals surface area contributed by atoms with Crippen LogP contribution >= 0.6 is 11.3 Å². The Kier molecular flexibility index (Phi) is 7.70. The van der Waals surface area contributed by atoms with Gasteiger partial charge in [0.2, 0.25) is 5.91 Å². The predicted octanol–water partition coefficient (Wildman–Crippen LogP) is 2.30. The van der Waals surface area contributed by atoms with Gasteiger partial charge in [0.15, 0.2) is 11.5 Å². The molecule has 2 atom stereocenters. The number of carbonyl (C=O) groups excluding carboxylic acids is 1. The van der Waals surface area contributed by atoms with E-state index in [1.807, 2.05) is 6.07 Å². The summed E-state index contributed by atoms with van der Waals surface area (Å²) in [4.78, 5) is 12.3. The predicted molar refractivity (Wildman–Crippen MR) is 113 cm³/mol. The van der Waals surface area contributed by atoms with Gasteiger partial charge in [0, 0.05) is 13.2 Å². The van der Waals surface area contributed by atoms with Crippen LogP contribution in [-0.2, 0) is 26.1 Å². The monoisotopic (exact) mass is 454 g/mol. The standard InChI is InChI=1S/C20H26N2O6S2/c1-14(22-30(24,25)19-6-4-10-29-19)20(23)21-12-15-7-8-17(18(11-15)26-2)28-13-16-5-3-9-27-16/h4,6-8,10-11,14,16,22H,3,5,9,12-13H2,1-2H3,(H,21,23). The highest BCUT2D eigenvalue weighted by molar-refractivity contribution is 7.91. The summed E-state index contributed by atoms with van der Waals surface area (Å²) in [5.74, 6) is 0.749. The van der Waals surface area contributed by atoms with Gasteiger partial charge in [-0.1, -0.05) is 12.1 Å². The highest BCUT2D eigenvalue weighted by atomic mass is 32.2. The lowest BCUT2D eigenvalue weighted by Gasteiger charge is -2.16. The van der Waals surface area contributed by atoms with Gasteiger partial charge in [0.05, 0.1) is 19.3 Å². The van der Waals surface area contributed by atoms with E-state index in [0.29, 0.717) is 18.1 Å². The molecule has 1 aromatic carbocycles. The molecular weight excluding hydrogens is 428 g/mol. The van der Waals surface area contributed by atoms with E-state index in [-0.39, 0.29) is 16.9 Å². The number of hydrogen-bond acceptors (Lipinski definition) is 7. The molecule has 2 heterocycles. The molecule has 1 saturated heterocycles. The zero-order chi connectivity index (χ0) is 21.6. The Bertz CT molecular complexity index is 940. The number of ether oxygens (including phenoxy) is 3. The van der Waals surface area contributed by atoms with Crippen LogP contribution in [0.15, 0.2) is 39.9 Å². The summed E-state index contributed by atoms with van der Waals surface area (Å²) in [7, 11) is -2.16. The van der Waals surface area contributed by atoms with Gasteiger partial charge in [-0.2, -0.15) is 4.72 Å². The number of nitrogens with one attached hydrogen (secondary N) is 2. The number of amides is 1. The number of thiophene rings is 1. The minimum atomic E-state index is -3.71. The molecule has 2 N–H and O–H groups in total. The lowest BCUT2D eigenvalue weighted by Crippen LogP contribution is -2.44. The third kappa shape index (κ3) is 5.94. The largest absolute Gasteiger partial charge is 0.493 e. The Morgan fingerprint density at radius 3 is 2.83 bits per heavy atom. The van der Waals surface area contributed by atoms with Crippen LogP contribution in [0.3, 0.4) is 0 Å². The Morgan fingerprint density at radius 2 is 2.17 bits per heavy atom. The average molecular weight is 455 g/mol. The summed E-state index contributed by atoms with van der Waals surface area (Å²) in [6.07, 6.45) is 2.14. The summed E-state index contributed by atoms with van der Waals surface area (Å²) in [5, 5.41) is 4.40. The average Bonchev–Trinajstić information content (AvgIpc) is 3.44. The Morgan fingerprint density at radius 1 is 1.33 bits per heavy atom. The molecule has 1 amide bonds. The summed E-state index contributed by atoms with van der Waals surface area (Å²) in [5.41, 5.74) is 0.804. The van der Waals surface area contributed by atoms with E-state index in [0.717, 1.165) is 36.3 Å². The molecule has 0 aliphatic carbocycles. The van der Waals surface area contributed by atoms with Crippen LogP contribution in [0.5, 0.6) is 11.5 Å². The first kappa shape index (κ1) is 22.5. The van der Waals surface area contributed by atoms with Crippen molar-refractivity contribution in [2.45, 2.75) is 42.7 Å². The van der Waals surface area contributed by atoms with Crippen molar-refractivity contribution in [2.24, 2.45) is 0 Å². The zero-order valence-corrected chi connectivity index (χ0v) is 18.6. The summed E-state index contributed by atoms with van der Waals surface area (Å²) in [6, 6.07) is 7.63. The van der Waals surface area contributed by atoms with E-state index < -0.39 is 22.0 Å². The summed E-state index contributed by atoms with van der Waals surface area (Å²) in [6.45, 7) is 2.97. The number of methoxy groups -OCH3 is 1. The van der Waals surface area contributed by atoms with Gasteiger partial charge in [-0.05, 0) is 48.9 Å². The van der Waals surface area contributed by atoms with Gasteiger partial charge >= 0.3 is 0 Å². The van der Waals surface area contributed by atoms with Crippen LogP contribution in [0.25, 0.3) is 0 Å². The highest BCUT2D eigenvalue weighted by Gasteiger charge is 2.23. The summed E-state index contributed by atoms with van der Waals surface area (Å²) >= 11 is 1.10. The topological polar surface area (TPSA) is 103 Å². The van der Waals surface area contributed by atoms with Gasteiger partial charge in [-0.15, -0.1) is 11.3 Å². The second kappa shape index (κ2) is 10.3. The molecule has 0 bridgehead atoms. The van der Waals surface area contributed by atoms with E-state index >= 15 is 0 Å². The number of hydrogen-bond donors (Lipinski definition) is 2. The van der Waals surface area contributed by atoms with Gasteiger partial charge in [0.25, 0.3) is 10.0 Å². The third-order valence-corrected chi connectivity index (χ3v) is 7.57. The van der Waals surface area contributed by atoms with Crippen LogP contribution in [0.1, 0.15) is 25.3 Å². The molecule has 3 rings (SSSR count). The van der Waals surface area contributed by atoms with Crippen LogP contribution in [0.4, 0.5) is 0 Å². The van der Waals surface area contributed by atoms with Gasteiger partial charge < -0.3 is 19.5 Å². The minimum Gasteiger partial charge on any atom is -0.493 e. The molecule has 1 fully saturated rings. The SMILES string of the molecule is COc1cc(CNC(=O)C(C)NS(=O)(=O)c2cccs2)ccc1OCC1CCCO1. The molecule has 1 aliphatic heterocycles. The molecule has 2 aromatic rings. The number of carbonyl (C=O) groups is 1. The fourth-order valence-corrected chi connectivity index (χ4v) is 5.22. The van der Waals surface area contributed by atoms with E-state index in [1.165, 1.54) is 13.0 Å². The van der Waals surface area contributed by atoms with Crippen molar-refractivity contribution in [3.05, 3.63) is 41.3 Å². The van der Waals surface area contributed by atoms with Crippen LogP contribution in [0.2, 0.25) is 0 Å². The maximum Gasteiger partial charge on any atom is 0.250 e. The minimum absolute atomic E-state index is 0.105. The van der Waals surface area contributed by atoms with E-state index in [4.69, 9.17) is 14.2 Å². The van der Waals surface area contributed by atoms with Gasteiger partial charge in [0.1, 0.15) is 10.8 Å². The first-order chi connectivity index (χ1) is 14.4. The fourth-order valence-electron chi connectivity index (χ4n) is 3.00. The van der Waals surface area contributed by atoms with E-state index in [9.17, 15) is 13.2 Å². The second-order valence-electron chi connectivity index (χ2n) is 6.92. The summed E-state index contributed by atoms with van der Waals surface area (Å²) < 4.78 is 43.8. The number of sulfonamides is 1. The second-order valence-corrected chi connectivity index (χ2v) is 9.81. The fraction of sp³-hybridized carbons (Fsp3) is 0.450. The van der Waals surface area contributed by atoms with Crippen molar-refractivity contribution in [3.63, 3.8) is 0 Å². The van der Waals surface area contributed by atoms with Crippen molar-refractivity contribution in [1.29, 1.82) is 0 Å². The lowest BCUT2D eigenvalue weighted by atomic mass is 10.2. The van der Waals surface area contributed by atoms with Gasteiger partial charge in [-0.25, -0.2) is 8.42 Å². The smallest absolute Gasteiger partial charge is 0.250 e. The maximum atomic E-state index is 12.3. The molecule has 1 aromatic heterocycles. The Balaban J connectivity index is 1.53. The Hall–Kier alpha value is -2.14. The molecule has 8 nitrogen and oxygen atoms in total. The van der Waals surface area contributed by atoms with E-state index in [1.54, 1.807) is 30.7 Å². The third-order valence-electron chi connectivity index (χ3n) is 4.63. The molecule has 10 heteroatoms. The van der Waals surface area contributed by atoms with Crippen molar-refractivity contribution >= 4 is 27.3 Å². The first-order valence-electron chi connectivity index (χ1n) is 9.64. The molecule has 0 saturated carbocycles. The van der Waals surface area contributed by atoms with Crippen LogP contribution in [0, 0.1) is 0 Å². The van der Waals surface area contributed by atoms with E-state index in [2.05, 4.69) is 10.0 Å². The van der Waals surface area contributed by atoms with Crippen molar-refractivity contribution in [2.75, 3.05) is 20.3 Å². The molecule has 0 spiro atoms. The molecule has 164 valence electrons. The first-order valence-corrected chi connectivity index (χ1v) is 12.0. The lowest BCUT2D eigenvalue weighted by molar-refractivity contribution is -0.122. The zero-order valence-electron chi connectivity index (χ0n) is 16.9. The quantitative estimate of drug-likeness (QED) is 0.571. The van der Waals surface area contributed by atoms with Crippen molar-refractivity contribution < 1.29 is 27.4 Å². The van der Waals surface area contributed by atoms with Gasteiger partial charge in [-0.3, -0.25) is 4.79 Å². The highest BCUT2D eigenvalue weighted by Crippen LogP contribution is 2.29. The van der Waals surface area contributed by atoms with Crippen molar-refractivity contribution in [3.8, 4) is 11.5 Å². The number of rotatable bonds is 10. The molecular formula is C20H26N2O6S2. The number of benzene rings is 1.